The number of carbonyl (C=O) groups is 3. The van der Waals surface area contributed by atoms with Gasteiger partial charge < -0.3 is 24.6 Å². The van der Waals surface area contributed by atoms with Crippen molar-refractivity contribution in [2.24, 2.45) is 0 Å². The number of nitrogens with one attached hydrogen (secondary N) is 1. The van der Waals surface area contributed by atoms with Gasteiger partial charge >= 0.3 is 12.2 Å². The van der Waals surface area contributed by atoms with E-state index in [1.165, 1.54) is 16.0 Å². The monoisotopic (exact) mass is 453 g/mol. The molecule has 1 aromatic heterocycles. The van der Waals surface area contributed by atoms with Crippen LogP contribution in [0.1, 0.15) is 6.42 Å². The summed E-state index contributed by atoms with van der Waals surface area (Å²) in [5, 5.41) is 10.9. The third-order valence-electron chi connectivity index (χ3n) is 4.71. The first kappa shape index (κ1) is 22.7. The summed E-state index contributed by atoms with van der Waals surface area (Å²) < 4.78 is 16.3. The molecular formula is C18H27N5O7Si. The van der Waals surface area contributed by atoms with Gasteiger partial charge in [-0.1, -0.05) is 19.6 Å². The number of rotatable bonds is 9. The first-order valence-corrected chi connectivity index (χ1v) is 13.7. The minimum Gasteiger partial charge on any atom is -0.465 e. The van der Waals surface area contributed by atoms with Crippen LogP contribution >= 0.6 is 0 Å². The quantitative estimate of drug-likeness (QED) is 0.420. The number of nitrogens with zero attached hydrogens (tertiary/aromatic N) is 4. The standard InChI is InChI=1S/C18H27N5O7Si/c1-31(2,3)7-6-28-11-23-14(24)10-29-16-15(23)21-13(8-20-16)22-9-12(30-18(22)27)4-5-19-17(25)26/h8,12,19H,4-7,9-11H2,1-3H3,(H,25,26)/t12-/m0/s1. The van der Waals surface area contributed by atoms with E-state index in [1.54, 1.807) is 0 Å². The summed E-state index contributed by atoms with van der Waals surface area (Å²) >= 11 is 0. The Labute approximate surface area is 180 Å². The van der Waals surface area contributed by atoms with Crippen molar-refractivity contribution in [2.45, 2.75) is 38.2 Å². The van der Waals surface area contributed by atoms with Crippen molar-refractivity contribution >= 4 is 37.8 Å². The van der Waals surface area contributed by atoms with Crippen molar-refractivity contribution in [3.63, 3.8) is 0 Å². The second-order valence-corrected chi connectivity index (χ2v) is 14.1. The molecule has 31 heavy (non-hydrogen) atoms. The van der Waals surface area contributed by atoms with Crippen LogP contribution in [0.5, 0.6) is 5.88 Å². The van der Waals surface area contributed by atoms with Gasteiger partial charge in [-0.15, -0.1) is 0 Å². The number of cyclic esters (lactones) is 1. The van der Waals surface area contributed by atoms with Gasteiger partial charge in [-0.25, -0.2) is 19.6 Å². The fraction of sp³-hybridized carbons (Fsp3) is 0.611. The molecule has 2 aliphatic heterocycles. The Balaban J connectivity index is 1.68. The number of aromatic nitrogens is 2. The fourth-order valence-electron chi connectivity index (χ4n) is 2.96. The van der Waals surface area contributed by atoms with Crippen molar-refractivity contribution in [1.29, 1.82) is 0 Å². The van der Waals surface area contributed by atoms with Gasteiger partial charge in [0.15, 0.2) is 12.4 Å². The predicted octanol–water partition coefficient (Wildman–Crippen LogP) is 1.50. The second kappa shape index (κ2) is 9.47. The van der Waals surface area contributed by atoms with Gasteiger partial charge in [0.25, 0.3) is 11.8 Å². The van der Waals surface area contributed by atoms with Gasteiger partial charge in [-0.3, -0.25) is 14.6 Å². The third-order valence-corrected chi connectivity index (χ3v) is 6.41. The highest BCUT2D eigenvalue weighted by Gasteiger charge is 2.35. The molecule has 0 unspecified atom stereocenters. The third kappa shape index (κ3) is 6.04. The Kier molecular flexibility index (Phi) is 6.95. The molecule has 1 fully saturated rings. The minimum absolute atomic E-state index is 0.0196. The Morgan fingerprint density at radius 1 is 1.39 bits per heavy atom. The zero-order valence-electron chi connectivity index (χ0n) is 17.8. The lowest BCUT2D eigenvalue weighted by Crippen LogP contribution is -2.42. The zero-order chi connectivity index (χ0) is 22.6. The molecule has 3 rings (SSSR count). The summed E-state index contributed by atoms with van der Waals surface area (Å²) in [6, 6.07) is 0.960. The van der Waals surface area contributed by atoms with Crippen LogP contribution in [0.4, 0.5) is 21.2 Å². The van der Waals surface area contributed by atoms with Crippen molar-refractivity contribution in [1.82, 2.24) is 15.3 Å². The predicted molar refractivity (Wildman–Crippen MR) is 112 cm³/mol. The Morgan fingerprint density at radius 2 is 2.16 bits per heavy atom. The number of fused-ring (bicyclic) bond motifs is 1. The van der Waals surface area contributed by atoms with E-state index in [0.29, 0.717) is 13.0 Å². The van der Waals surface area contributed by atoms with Gasteiger partial charge in [0.1, 0.15) is 12.8 Å². The van der Waals surface area contributed by atoms with E-state index in [0.717, 1.165) is 6.04 Å². The van der Waals surface area contributed by atoms with Gasteiger partial charge in [-0.05, 0) is 6.04 Å². The van der Waals surface area contributed by atoms with E-state index in [-0.39, 0.29) is 49.9 Å². The van der Waals surface area contributed by atoms with E-state index < -0.39 is 26.4 Å². The number of carboxylic acid groups (broad SMARTS) is 1. The van der Waals surface area contributed by atoms with Crippen LogP contribution in [-0.4, -0.2) is 80.4 Å². The first-order valence-electron chi connectivity index (χ1n) is 9.97. The van der Waals surface area contributed by atoms with Crippen LogP contribution in [0.25, 0.3) is 0 Å². The molecule has 13 heteroatoms. The first-order chi connectivity index (χ1) is 14.6. The van der Waals surface area contributed by atoms with Crippen LogP contribution in [0.2, 0.25) is 25.7 Å². The van der Waals surface area contributed by atoms with Crippen LogP contribution in [-0.2, 0) is 14.3 Å². The number of ether oxygens (including phenoxy) is 3. The van der Waals surface area contributed by atoms with E-state index >= 15 is 0 Å². The maximum atomic E-state index is 12.4. The van der Waals surface area contributed by atoms with Gasteiger partial charge in [0, 0.05) is 27.6 Å². The highest BCUT2D eigenvalue weighted by Crippen LogP contribution is 2.31. The van der Waals surface area contributed by atoms with E-state index in [1.807, 2.05) is 0 Å². The number of carbonyl (C=O) groups excluding carboxylic acids is 2. The molecule has 1 aromatic rings. The Bertz CT molecular complexity index is 847. The van der Waals surface area contributed by atoms with E-state index in [4.69, 9.17) is 19.3 Å². The second-order valence-electron chi connectivity index (χ2n) is 8.45. The van der Waals surface area contributed by atoms with Gasteiger partial charge in [-0.2, -0.15) is 0 Å². The SMILES string of the molecule is C[Si](C)(C)CCOCN1C(=O)COc2ncc(N3C[C@H](CCNC(=O)O)OC3=O)nc21. The van der Waals surface area contributed by atoms with Gasteiger partial charge in [0.2, 0.25) is 5.82 Å². The lowest BCUT2D eigenvalue weighted by Gasteiger charge is -2.28. The lowest BCUT2D eigenvalue weighted by atomic mass is 10.2. The molecule has 0 bridgehead atoms. The minimum atomic E-state index is -1.27. The van der Waals surface area contributed by atoms with Crippen LogP contribution in [0.15, 0.2) is 6.20 Å². The average molecular weight is 454 g/mol. The average Bonchev–Trinajstić information content (AvgIpc) is 3.05. The molecule has 0 saturated carbocycles. The topological polar surface area (TPSA) is 143 Å². The van der Waals surface area contributed by atoms with E-state index in [9.17, 15) is 14.4 Å². The van der Waals surface area contributed by atoms with Crippen molar-refractivity contribution in [3.05, 3.63) is 6.20 Å². The molecule has 1 atom stereocenters. The molecular weight excluding hydrogens is 426 g/mol. The van der Waals surface area contributed by atoms with E-state index in [2.05, 4.69) is 34.9 Å². The summed E-state index contributed by atoms with van der Waals surface area (Å²) in [6.45, 7) is 7.45. The number of amides is 3. The fourth-order valence-corrected chi connectivity index (χ4v) is 3.72. The summed E-state index contributed by atoms with van der Waals surface area (Å²) in [5.41, 5.74) is 0. The normalized spacial score (nSPS) is 18.5. The van der Waals surface area contributed by atoms with Crippen LogP contribution in [0, 0.1) is 0 Å². The molecule has 12 nitrogen and oxygen atoms in total. The molecule has 2 aliphatic rings. The molecule has 2 N–H and O–H groups in total. The summed E-state index contributed by atoms with van der Waals surface area (Å²) in [6.07, 6.45) is -0.547. The molecule has 1 saturated heterocycles. The highest BCUT2D eigenvalue weighted by atomic mass is 28.3. The summed E-state index contributed by atoms with van der Waals surface area (Å²) in [7, 11) is -1.27. The molecule has 3 amide bonds. The van der Waals surface area contributed by atoms with Crippen molar-refractivity contribution < 1.29 is 33.7 Å². The maximum absolute atomic E-state index is 12.4. The molecule has 0 spiro atoms. The summed E-state index contributed by atoms with van der Waals surface area (Å²) in [5.74, 6) is 0.272. The molecule has 0 aliphatic carbocycles. The molecule has 170 valence electrons. The molecule has 3 heterocycles. The van der Waals surface area contributed by atoms with Crippen LogP contribution in [0.3, 0.4) is 0 Å². The Morgan fingerprint density at radius 3 is 2.87 bits per heavy atom. The molecule has 0 aromatic carbocycles. The smallest absolute Gasteiger partial charge is 0.415 e. The number of hydrogen-bond donors (Lipinski definition) is 2. The van der Waals surface area contributed by atoms with Crippen molar-refractivity contribution in [3.8, 4) is 5.88 Å². The Hall–Kier alpha value is -2.93. The summed E-state index contributed by atoms with van der Waals surface area (Å²) in [4.78, 5) is 46.5. The zero-order valence-corrected chi connectivity index (χ0v) is 18.8. The van der Waals surface area contributed by atoms with Crippen LogP contribution < -0.4 is 19.9 Å². The molecule has 0 radical (unpaired) electrons. The largest absolute Gasteiger partial charge is 0.465 e. The van der Waals surface area contributed by atoms with Gasteiger partial charge in [0.05, 0.1) is 12.7 Å². The lowest BCUT2D eigenvalue weighted by molar-refractivity contribution is -0.122. The highest BCUT2D eigenvalue weighted by molar-refractivity contribution is 6.76. The van der Waals surface area contributed by atoms with Crippen molar-refractivity contribution in [2.75, 3.05) is 42.8 Å². The number of hydrogen-bond acceptors (Lipinski definition) is 8. The maximum Gasteiger partial charge on any atom is 0.415 e. The number of anilines is 2.